The minimum Gasteiger partial charge on any atom is -0.506 e. The van der Waals surface area contributed by atoms with Crippen molar-refractivity contribution < 1.29 is 24.6 Å². The van der Waals surface area contributed by atoms with E-state index in [0.717, 1.165) is 0 Å². The van der Waals surface area contributed by atoms with Gasteiger partial charge in [-0.2, -0.15) is 0 Å². The molecule has 0 aliphatic carbocycles. The van der Waals surface area contributed by atoms with Crippen molar-refractivity contribution in [1.29, 1.82) is 0 Å². The minimum atomic E-state index is -1.19. The Bertz CT molecular complexity index is 1100. The number of hydrazine groups is 1. The molecule has 0 fully saturated rings. The van der Waals surface area contributed by atoms with Gasteiger partial charge in [0.15, 0.2) is 0 Å². The predicted octanol–water partition coefficient (Wildman–Crippen LogP) is 2.54. The summed E-state index contributed by atoms with van der Waals surface area (Å²) in [4.78, 5) is 40.3. The number of aromatic hydroxyl groups is 1. The maximum Gasteiger partial charge on any atom is 0.305 e. The molecular formula is C21H21BrClN5O5. The number of halogens is 2. The topological polar surface area (TPSA) is 143 Å². The number of benzene rings is 2. The van der Waals surface area contributed by atoms with Crippen LogP contribution in [0.2, 0.25) is 5.02 Å². The maximum absolute atomic E-state index is 12.5. The molecule has 2 amide bonds. The fourth-order valence-corrected chi connectivity index (χ4v) is 3.97. The first-order valence-electron chi connectivity index (χ1n) is 9.83. The second-order valence-electron chi connectivity index (χ2n) is 7.13. The molecule has 1 aliphatic heterocycles. The van der Waals surface area contributed by atoms with E-state index in [-0.39, 0.29) is 20.8 Å². The fraction of sp³-hybridized carbons (Fsp3) is 0.238. The van der Waals surface area contributed by atoms with Crippen LogP contribution in [0.3, 0.4) is 0 Å². The number of carbonyl (C=O) groups is 3. The summed E-state index contributed by atoms with van der Waals surface area (Å²) < 4.78 is 0.261. The Kier molecular flexibility index (Phi) is 8.12. The van der Waals surface area contributed by atoms with E-state index in [1.54, 1.807) is 35.6 Å². The van der Waals surface area contributed by atoms with E-state index in [2.05, 4.69) is 37.0 Å². The number of carbonyl (C=O) groups excluding carboxylic acids is 2. The first-order valence-corrected chi connectivity index (χ1v) is 11.0. The van der Waals surface area contributed by atoms with Crippen LogP contribution >= 0.6 is 27.5 Å². The Hall–Kier alpha value is -3.31. The second kappa shape index (κ2) is 11.0. The van der Waals surface area contributed by atoms with E-state index < -0.39 is 36.8 Å². The van der Waals surface area contributed by atoms with Gasteiger partial charge in [0, 0.05) is 16.1 Å². The van der Waals surface area contributed by atoms with Gasteiger partial charge in [0.25, 0.3) is 5.91 Å². The van der Waals surface area contributed by atoms with E-state index in [1.165, 1.54) is 12.1 Å². The number of hydrogen-bond donors (Lipinski definition) is 5. The van der Waals surface area contributed by atoms with Crippen LogP contribution in [0.15, 0.2) is 45.9 Å². The lowest BCUT2D eigenvalue weighted by atomic mass is 10.0. The largest absolute Gasteiger partial charge is 0.506 e. The van der Waals surface area contributed by atoms with Crippen LogP contribution in [-0.4, -0.2) is 59.0 Å². The first kappa shape index (κ1) is 24.3. The fourth-order valence-electron chi connectivity index (χ4n) is 3.13. The average molecular weight is 539 g/mol. The molecular weight excluding hydrogens is 518 g/mol. The van der Waals surface area contributed by atoms with Crippen molar-refractivity contribution >= 4 is 57.3 Å². The molecule has 3 rings (SSSR count). The van der Waals surface area contributed by atoms with E-state index in [0.29, 0.717) is 24.3 Å². The highest BCUT2D eigenvalue weighted by Gasteiger charge is 2.23. The molecule has 33 heavy (non-hydrogen) atoms. The van der Waals surface area contributed by atoms with E-state index in [4.69, 9.17) is 11.6 Å². The number of anilines is 1. The molecule has 1 heterocycles. The molecule has 2 aromatic carbocycles. The van der Waals surface area contributed by atoms with Gasteiger partial charge in [-0.15, -0.1) is 0 Å². The van der Waals surface area contributed by atoms with E-state index >= 15 is 0 Å². The Morgan fingerprint density at radius 1 is 1.24 bits per heavy atom. The number of rotatable bonds is 9. The van der Waals surface area contributed by atoms with Gasteiger partial charge in [0.1, 0.15) is 12.1 Å². The Morgan fingerprint density at radius 3 is 2.73 bits per heavy atom. The van der Waals surface area contributed by atoms with Crippen LogP contribution in [-0.2, 0) is 9.59 Å². The number of aliphatic carboxylic acids is 1. The summed E-state index contributed by atoms with van der Waals surface area (Å²) in [5.74, 6) is -2.53. The highest BCUT2D eigenvalue weighted by molar-refractivity contribution is 9.10. The van der Waals surface area contributed by atoms with Gasteiger partial charge in [-0.3, -0.25) is 29.8 Å². The molecule has 0 radical (unpaired) electrons. The molecule has 12 heteroatoms. The lowest BCUT2D eigenvalue weighted by molar-refractivity contribution is -0.137. The zero-order valence-corrected chi connectivity index (χ0v) is 19.6. The van der Waals surface area contributed by atoms with Crippen molar-refractivity contribution in [3.63, 3.8) is 0 Å². The Balaban J connectivity index is 1.62. The number of phenols is 1. The molecule has 0 aromatic heterocycles. The number of nitrogens with zero attached hydrogens (tertiary/aromatic N) is 2. The van der Waals surface area contributed by atoms with Crippen molar-refractivity contribution in [2.75, 3.05) is 25.1 Å². The highest BCUT2D eigenvalue weighted by atomic mass is 79.9. The molecule has 0 spiro atoms. The van der Waals surface area contributed by atoms with Gasteiger partial charge in [-0.25, -0.2) is 0 Å². The van der Waals surface area contributed by atoms with Crippen molar-refractivity contribution in [3.8, 4) is 5.75 Å². The van der Waals surface area contributed by atoms with Crippen LogP contribution in [0.4, 0.5) is 5.69 Å². The van der Waals surface area contributed by atoms with Crippen LogP contribution in [0.5, 0.6) is 5.75 Å². The maximum atomic E-state index is 12.5. The number of aliphatic imine (C=N–C) groups is 1. The van der Waals surface area contributed by atoms with Crippen molar-refractivity contribution in [2.45, 2.75) is 12.5 Å². The van der Waals surface area contributed by atoms with Gasteiger partial charge in [0.05, 0.1) is 42.3 Å². The summed E-state index contributed by atoms with van der Waals surface area (Å²) in [6, 6.07) is 8.49. The van der Waals surface area contributed by atoms with Gasteiger partial charge in [0.2, 0.25) is 5.91 Å². The summed E-state index contributed by atoms with van der Waals surface area (Å²) >= 11 is 9.14. The van der Waals surface area contributed by atoms with Crippen LogP contribution in [0.25, 0.3) is 0 Å². The van der Waals surface area contributed by atoms with E-state index in [9.17, 15) is 24.6 Å². The minimum absolute atomic E-state index is 0.140. The molecule has 10 nitrogen and oxygen atoms in total. The van der Waals surface area contributed by atoms with Crippen LogP contribution < -0.4 is 16.1 Å². The van der Waals surface area contributed by atoms with Gasteiger partial charge in [-0.1, -0.05) is 17.7 Å². The molecule has 1 atom stereocenters. The van der Waals surface area contributed by atoms with Crippen LogP contribution in [0.1, 0.15) is 28.4 Å². The Labute approximate surface area is 202 Å². The third kappa shape index (κ3) is 6.83. The number of hydrogen-bond acceptors (Lipinski definition) is 7. The smallest absolute Gasteiger partial charge is 0.305 e. The number of amides is 2. The van der Waals surface area contributed by atoms with Crippen molar-refractivity contribution in [3.05, 3.63) is 57.0 Å². The molecule has 1 unspecified atom stereocenters. The summed E-state index contributed by atoms with van der Waals surface area (Å²) in [6.07, 6.45) is 1.18. The normalized spacial score (nSPS) is 13.5. The lowest BCUT2D eigenvalue weighted by Gasteiger charge is -2.20. The first-order chi connectivity index (χ1) is 15.7. The van der Waals surface area contributed by atoms with Crippen molar-refractivity contribution in [2.24, 2.45) is 4.99 Å². The quantitative estimate of drug-likeness (QED) is 0.330. The molecule has 1 aliphatic rings. The zero-order chi connectivity index (χ0) is 24.0. The van der Waals surface area contributed by atoms with E-state index in [1.807, 2.05) is 0 Å². The second-order valence-corrected chi connectivity index (χ2v) is 8.42. The molecule has 174 valence electrons. The number of carboxylic acids is 1. The van der Waals surface area contributed by atoms with Gasteiger partial charge >= 0.3 is 5.97 Å². The highest BCUT2D eigenvalue weighted by Crippen LogP contribution is 2.36. The third-order valence-electron chi connectivity index (χ3n) is 4.65. The zero-order valence-electron chi connectivity index (χ0n) is 17.2. The number of nitrogens with one attached hydrogen (secondary N) is 3. The van der Waals surface area contributed by atoms with Crippen molar-refractivity contribution in [1.82, 2.24) is 15.6 Å². The third-order valence-corrected chi connectivity index (χ3v) is 5.47. The summed E-state index contributed by atoms with van der Waals surface area (Å²) in [6.45, 7) is 1.01. The predicted molar refractivity (Wildman–Crippen MR) is 126 cm³/mol. The number of phenolic OH excluding ortho intramolecular Hbond substituents is 1. The SMILES string of the molecule is O=C(O)CC(NC(=O)CNC(=O)c1cccc(NN2C=NCC2)c1)c1cc(Cl)cc(Br)c1O. The standard InChI is InChI=1S/C21H21BrClN5O5/c22-16-8-13(23)7-15(20(16)32)17(9-19(30)31)26-18(29)10-25-21(33)12-2-1-3-14(6-12)27-28-5-4-24-11-28/h1-3,6-8,11,17,27,32H,4-5,9-10H2,(H,25,33)(H,26,29)(H,30,31). The van der Waals surface area contributed by atoms with Gasteiger partial charge in [-0.05, 0) is 46.3 Å². The van der Waals surface area contributed by atoms with Gasteiger partial charge < -0.3 is 20.8 Å². The number of carboxylic acid groups (broad SMARTS) is 1. The molecule has 5 N–H and O–H groups in total. The monoisotopic (exact) mass is 537 g/mol. The molecule has 0 saturated heterocycles. The lowest BCUT2D eigenvalue weighted by Crippen LogP contribution is -2.39. The summed E-state index contributed by atoms with van der Waals surface area (Å²) in [5, 5.41) is 26.6. The summed E-state index contributed by atoms with van der Waals surface area (Å²) in [5.41, 5.74) is 4.27. The average Bonchev–Trinajstić information content (AvgIpc) is 3.27. The molecule has 2 aromatic rings. The Morgan fingerprint density at radius 2 is 2.03 bits per heavy atom. The summed E-state index contributed by atoms with van der Waals surface area (Å²) in [7, 11) is 0. The van der Waals surface area contributed by atoms with Crippen LogP contribution in [0, 0.1) is 0 Å². The molecule has 0 bridgehead atoms. The molecule has 0 saturated carbocycles.